The zero-order valence-electron chi connectivity index (χ0n) is 13.8. The topological polar surface area (TPSA) is 54.3 Å². The number of hydrogen-bond donors (Lipinski definition) is 2. The molecule has 1 heterocycles. The van der Waals surface area contributed by atoms with Gasteiger partial charge in [0, 0.05) is 22.1 Å². The van der Waals surface area contributed by atoms with Gasteiger partial charge in [0.05, 0.1) is 5.56 Å². The Morgan fingerprint density at radius 2 is 1.48 bits per heavy atom. The summed E-state index contributed by atoms with van der Waals surface area (Å²) in [5, 5.41) is 6.78. The first-order chi connectivity index (χ1) is 12.9. The number of hydrogen-bond acceptors (Lipinski definition) is 2. The Morgan fingerprint density at radius 3 is 2.26 bits per heavy atom. The van der Waals surface area contributed by atoms with Crippen LogP contribution in [0.3, 0.4) is 0 Å². The maximum absolute atomic E-state index is 12.8. The highest BCUT2D eigenvalue weighted by Crippen LogP contribution is 2.32. The molecule has 3 aromatic carbocycles. The summed E-state index contributed by atoms with van der Waals surface area (Å²) in [6.07, 6.45) is -4.47. The van der Waals surface area contributed by atoms with E-state index < -0.39 is 17.8 Å². The molecule has 0 spiro atoms. The monoisotopic (exact) mass is 370 g/mol. The Morgan fingerprint density at radius 1 is 0.778 bits per heavy atom. The molecular formula is C20H13F3N2O2. The molecule has 0 atom stereocenters. The number of nitrogens with one attached hydrogen (secondary N) is 2. The van der Waals surface area contributed by atoms with Gasteiger partial charge in [0.25, 0.3) is 0 Å². The highest BCUT2D eigenvalue weighted by molar-refractivity contribution is 6.07. The number of para-hydroxylation sites is 1. The third kappa shape index (κ3) is 3.44. The summed E-state index contributed by atoms with van der Waals surface area (Å²) in [7, 11) is 0. The van der Waals surface area contributed by atoms with E-state index in [1.165, 1.54) is 12.1 Å². The van der Waals surface area contributed by atoms with Gasteiger partial charge in [-0.1, -0.05) is 24.3 Å². The normalized spacial score (nSPS) is 11.7. The lowest BCUT2D eigenvalue weighted by atomic mass is 10.1. The van der Waals surface area contributed by atoms with Crippen molar-refractivity contribution in [1.82, 2.24) is 0 Å². The molecule has 0 saturated heterocycles. The fourth-order valence-corrected chi connectivity index (χ4v) is 2.87. The molecule has 0 fully saturated rings. The van der Waals surface area contributed by atoms with E-state index in [1.54, 1.807) is 18.2 Å². The number of rotatable bonds is 2. The first kappa shape index (κ1) is 17.0. The Kier molecular flexibility index (Phi) is 3.99. The van der Waals surface area contributed by atoms with E-state index in [0.29, 0.717) is 11.3 Å². The minimum absolute atomic E-state index is 0.0529. The third-order valence-corrected chi connectivity index (χ3v) is 4.08. The molecule has 4 rings (SSSR count). The number of alkyl halides is 3. The predicted octanol–water partition coefficient (Wildman–Crippen LogP) is 6.25. The van der Waals surface area contributed by atoms with Crippen molar-refractivity contribution in [1.29, 1.82) is 0 Å². The second-order valence-electron chi connectivity index (χ2n) is 5.97. The van der Waals surface area contributed by atoms with Crippen LogP contribution in [-0.2, 0) is 6.18 Å². The number of urea groups is 1. The summed E-state index contributed by atoms with van der Waals surface area (Å²) in [6, 6.07) is 16.5. The summed E-state index contributed by atoms with van der Waals surface area (Å²) >= 11 is 0. The molecule has 27 heavy (non-hydrogen) atoms. The summed E-state index contributed by atoms with van der Waals surface area (Å²) in [5.41, 5.74) is 1.14. The Labute approximate surface area is 151 Å². The van der Waals surface area contributed by atoms with Crippen molar-refractivity contribution in [3.8, 4) is 0 Å². The molecule has 4 aromatic rings. The van der Waals surface area contributed by atoms with Crippen molar-refractivity contribution >= 4 is 39.3 Å². The molecule has 0 saturated carbocycles. The summed E-state index contributed by atoms with van der Waals surface area (Å²) < 4.78 is 44.0. The number of benzene rings is 3. The van der Waals surface area contributed by atoms with Gasteiger partial charge in [0.2, 0.25) is 0 Å². The second kappa shape index (κ2) is 6.35. The molecule has 7 heteroatoms. The van der Waals surface area contributed by atoms with Gasteiger partial charge in [-0.3, -0.25) is 0 Å². The lowest BCUT2D eigenvalue weighted by molar-refractivity contribution is -0.137. The van der Waals surface area contributed by atoms with E-state index in [1.807, 2.05) is 24.3 Å². The first-order valence-corrected chi connectivity index (χ1v) is 8.07. The lowest BCUT2D eigenvalue weighted by Crippen LogP contribution is -2.19. The maximum atomic E-state index is 12.8. The third-order valence-electron chi connectivity index (χ3n) is 4.08. The molecule has 0 radical (unpaired) electrons. The van der Waals surface area contributed by atoms with E-state index >= 15 is 0 Å². The van der Waals surface area contributed by atoms with Crippen molar-refractivity contribution < 1.29 is 22.4 Å². The minimum Gasteiger partial charge on any atom is -0.456 e. The lowest BCUT2D eigenvalue weighted by Gasteiger charge is -2.11. The zero-order valence-corrected chi connectivity index (χ0v) is 13.8. The van der Waals surface area contributed by atoms with Gasteiger partial charge in [0.1, 0.15) is 11.2 Å². The first-order valence-electron chi connectivity index (χ1n) is 8.07. The number of furan rings is 1. The van der Waals surface area contributed by atoms with Crippen molar-refractivity contribution in [3.05, 3.63) is 72.3 Å². The van der Waals surface area contributed by atoms with Crippen molar-refractivity contribution in [2.75, 3.05) is 10.6 Å². The van der Waals surface area contributed by atoms with Gasteiger partial charge in [-0.2, -0.15) is 13.2 Å². The highest BCUT2D eigenvalue weighted by atomic mass is 19.4. The van der Waals surface area contributed by atoms with Crippen LogP contribution in [-0.4, -0.2) is 6.03 Å². The molecule has 4 nitrogen and oxygen atoms in total. The van der Waals surface area contributed by atoms with Crippen LogP contribution >= 0.6 is 0 Å². The smallest absolute Gasteiger partial charge is 0.416 e. The molecular weight excluding hydrogens is 357 g/mol. The molecule has 1 aromatic heterocycles. The van der Waals surface area contributed by atoms with Gasteiger partial charge >= 0.3 is 12.2 Å². The number of carbonyl (C=O) groups excluding carboxylic acids is 1. The van der Waals surface area contributed by atoms with Crippen LogP contribution in [0.15, 0.2) is 71.1 Å². The molecule has 0 bridgehead atoms. The fourth-order valence-electron chi connectivity index (χ4n) is 2.87. The quantitative estimate of drug-likeness (QED) is 0.438. The molecule has 136 valence electrons. The second-order valence-corrected chi connectivity index (χ2v) is 5.97. The largest absolute Gasteiger partial charge is 0.456 e. The number of fused-ring (bicyclic) bond motifs is 3. The van der Waals surface area contributed by atoms with Crippen molar-refractivity contribution in [2.45, 2.75) is 6.18 Å². The Bertz CT molecular complexity index is 1150. The zero-order chi connectivity index (χ0) is 19.0. The van der Waals surface area contributed by atoms with Crippen LogP contribution in [0.25, 0.3) is 21.9 Å². The Hall–Kier alpha value is -3.48. The SMILES string of the molecule is O=C(Nc1cccc(C(F)(F)F)c1)Nc1ccc2oc3ccccc3c2c1. The van der Waals surface area contributed by atoms with E-state index in [9.17, 15) is 18.0 Å². The van der Waals surface area contributed by atoms with E-state index in [0.717, 1.165) is 28.5 Å². The highest BCUT2D eigenvalue weighted by Gasteiger charge is 2.30. The number of halogens is 3. The van der Waals surface area contributed by atoms with Crippen LogP contribution in [0.5, 0.6) is 0 Å². The standard InChI is InChI=1S/C20H13F3N2O2/c21-20(22,23)12-4-3-5-13(10-12)24-19(26)25-14-8-9-18-16(11-14)15-6-1-2-7-17(15)27-18/h1-11H,(H2,24,25,26). The number of carbonyl (C=O) groups is 1. The molecule has 0 aliphatic heterocycles. The molecule has 0 aliphatic rings. The summed E-state index contributed by atoms with van der Waals surface area (Å²) in [5.74, 6) is 0. The van der Waals surface area contributed by atoms with Gasteiger partial charge in [0.15, 0.2) is 0 Å². The van der Waals surface area contributed by atoms with E-state index in [4.69, 9.17) is 4.42 Å². The van der Waals surface area contributed by atoms with Crippen molar-refractivity contribution in [2.24, 2.45) is 0 Å². The average molecular weight is 370 g/mol. The van der Waals surface area contributed by atoms with Gasteiger partial charge < -0.3 is 15.1 Å². The van der Waals surface area contributed by atoms with Crippen LogP contribution in [0, 0.1) is 0 Å². The molecule has 2 amide bonds. The predicted molar refractivity (Wildman–Crippen MR) is 97.8 cm³/mol. The molecule has 2 N–H and O–H groups in total. The summed E-state index contributed by atoms with van der Waals surface area (Å²) in [6.45, 7) is 0. The molecule has 0 unspecified atom stereocenters. The Balaban J connectivity index is 1.55. The number of anilines is 2. The van der Waals surface area contributed by atoms with Crippen LogP contribution in [0.1, 0.15) is 5.56 Å². The van der Waals surface area contributed by atoms with E-state index in [-0.39, 0.29) is 5.69 Å². The summed E-state index contributed by atoms with van der Waals surface area (Å²) in [4.78, 5) is 12.2. The van der Waals surface area contributed by atoms with Crippen LogP contribution in [0.2, 0.25) is 0 Å². The van der Waals surface area contributed by atoms with E-state index in [2.05, 4.69) is 10.6 Å². The van der Waals surface area contributed by atoms with Gasteiger partial charge in [-0.15, -0.1) is 0 Å². The van der Waals surface area contributed by atoms with Crippen LogP contribution in [0.4, 0.5) is 29.3 Å². The molecule has 0 aliphatic carbocycles. The fraction of sp³-hybridized carbons (Fsp3) is 0.0500. The van der Waals surface area contributed by atoms with Gasteiger partial charge in [-0.05, 0) is 42.5 Å². The van der Waals surface area contributed by atoms with Crippen LogP contribution < -0.4 is 10.6 Å². The number of amides is 2. The van der Waals surface area contributed by atoms with Gasteiger partial charge in [-0.25, -0.2) is 4.79 Å². The average Bonchev–Trinajstić information content (AvgIpc) is 2.99. The minimum atomic E-state index is -4.47. The van der Waals surface area contributed by atoms with Crippen molar-refractivity contribution in [3.63, 3.8) is 0 Å². The maximum Gasteiger partial charge on any atom is 0.416 e.